The summed E-state index contributed by atoms with van der Waals surface area (Å²) in [7, 11) is 1.87. The second kappa shape index (κ2) is 7.45. The van der Waals surface area contributed by atoms with Gasteiger partial charge in [0, 0.05) is 24.4 Å². The highest BCUT2D eigenvalue weighted by molar-refractivity contribution is 7.09. The smallest absolute Gasteiger partial charge is 0.222 e. The lowest BCUT2D eigenvalue weighted by atomic mass is 10.2. The second-order valence-electron chi connectivity index (χ2n) is 4.54. The van der Waals surface area contributed by atoms with Crippen LogP contribution in [-0.4, -0.2) is 30.4 Å². The SMILES string of the molecule is CC(C)NCCCC(=O)N(C)Cc1cccs1. The van der Waals surface area contributed by atoms with Gasteiger partial charge in [-0.25, -0.2) is 0 Å². The van der Waals surface area contributed by atoms with Crippen LogP contribution in [-0.2, 0) is 11.3 Å². The van der Waals surface area contributed by atoms with Crippen LogP contribution >= 0.6 is 11.3 Å². The zero-order chi connectivity index (χ0) is 12.7. The monoisotopic (exact) mass is 254 g/mol. The van der Waals surface area contributed by atoms with E-state index in [-0.39, 0.29) is 5.91 Å². The molecule has 0 bridgehead atoms. The summed E-state index contributed by atoms with van der Waals surface area (Å²) in [5.74, 6) is 0.226. The highest BCUT2D eigenvalue weighted by Crippen LogP contribution is 2.11. The molecule has 1 aromatic heterocycles. The van der Waals surface area contributed by atoms with E-state index in [1.807, 2.05) is 18.5 Å². The quantitative estimate of drug-likeness (QED) is 0.758. The lowest BCUT2D eigenvalue weighted by Crippen LogP contribution is -2.28. The van der Waals surface area contributed by atoms with E-state index in [1.54, 1.807) is 16.2 Å². The number of nitrogens with zero attached hydrogens (tertiary/aromatic N) is 1. The summed E-state index contributed by atoms with van der Waals surface area (Å²) in [6, 6.07) is 4.58. The topological polar surface area (TPSA) is 32.3 Å². The van der Waals surface area contributed by atoms with E-state index in [2.05, 4.69) is 25.2 Å². The van der Waals surface area contributed by atoms with Crippen molar-refractivity contribution in [2.45, 2.75) is 39.3 Å². The number of hydrogen-bond donors (Lipinski definition) is 1. The largest absolute Gasteiger partial charge is 0.341 e. The standard InChI is InChI=1S/C13H22N2OS/c1-11(2)14-8-4-7-13(16)15(3)10-12-6-5-9-17-12/h5-6,9,11,14H,4,7-8,10H2,1-3H3. The van der Waals surface area contributed by atoms with Crippen molar-refractivity contribution in [3.63, 3.8) is 0 Å². The van der Waals surface area contributed by atoms with Crippen LogP contribution in [0.3, 0.4) is 0 Å². The highest BCUT2D eigenvalue weighted by Gasteiger charge is 2.09. The fourth-order valence-corrected chi connectivity index (χ4v) is 2.30. The predicted octanol–water partition coefficient (Wildman–Crippen LogP) is 2.48. The average molecular weight is 254 g/mol. The molecular formula is C13H22N2OS. The van der Waals surface area contributed by atoms with Gasteiger partial charge < -0.3 is 10.2 Å². The summed E-state index contributed by atoms with van der Waals surface area (Å²) < 4.78 is 0. The Morgan fingerprint density at radius 2 is 2.29 bits per heavy atom. The van der Waals surface area contributed by atoms with Gasteiger partial charge in [0.05, 0.1) is 6.54 Å². The van der Waals surface area contributed by atoms with Crippen molar-refractivity contribution in [1.82, 2.24) is 10.2 Å². The molecular weight excluding hydrogens is 232 g/mol. The lowest BCUT2D eigenvalue weighted by molar-refractivity contribution is -0.130. The maximum Gasteiger partial charge on any atom is 0.222 e. The van der Waals surface area contributed by atoms with Crippen molar-refractivity contribution < 1.29 is 4.79 Å². The summed E-state index contributed by atoms with van der Waals surface area (Å²) in [4.78, 5) is 14.9. The summed E-state index contributed by atoms with van der Waals surface area (Å²) >= 11 is 1.69. The summed E-state index contributed by atoms with van der Waals surface area (Å²) in [5.41, 5.74) is 0. The van der Waals surface area contributed by atoms with Gasteiger partial charge in [0.2, 0.25) is 5.91 Å². The summed E-state index contributed by atoms with van der Waals surface area (Å²) in [6.07, 6.45) is 1.54. The molecule has 1 amide bonds. The van der Waals surface area contributed by atoms with Crippen molar-refractivity contribution in [3.05, 3.63) is 22.4 Å². The van der Waals surface area contributed by atoms with Gasteiger partial charge in [0.1, 0.15) is 0 Å². The molecule has 0 fully saturated rings. The molecule has 4 heteroatoms. The second-order valence-corrected chi connectivity index (χ2v) is 5.57. The maximum absolute atomic E-state index is 11.8. The number of nitrogens with one attached hydrogen (secondary N) is 1. The first-order valence-electron chi connectivity index (χ1n) is 6.09. The number of amides is 1. The molecule has 0 atom stereocenters. The number of rotatable bonds is 7. The van der Waals surface area contributed by atoms with Crippen LogP contribution in [0.5, 0.6) is 0 Å². The Morgan fingerprint density at radius 1 is 1.53 bits per heavy atom. The van der Waals surface area contributed by atoms with Crippen LogP contribution in [0.2, 0.25) is 0 Å². The molecule has 0 saturated heterocycles. The Hall–Kier alpha value is -0.870. The molecule has 1 rings (SSSR count). The fourth-order valence-electron chi connectivity index (χ4n) is 1.55. The number of hydrogen-bond acceptors (Lipinski definition) is 3. The third-order valence-corrected chi connectivity index (χ3v) is 3.38. The van der Waals surface area contributed by atoms with Crippen LogP contribution in [0.25, 0.3) is 0 Å². The van der Waals surface area contributed by atoms with Gasteiger partial charge >= 0.3 is 0 Å². The van der Waals surface area contributed by atoms with Gasteiger partial charge in [-0.1, -0.05) is 19.9 Å². The minimum absolute atomic E-state index is 0.226. The van der Waals surface area contributed by atoms with E-state index in [1.165, 1.54) is 4.88 Å². The molecule has 17 heavy (non-hydrogen) atoms. The fraction of sp³-hybridized carbons (Fsp3) is 0.615. The van der Waals surface area contributed by atoms with Crippen molar-refractivity contribution in [1.29, 1.82) is 0 Å². The average Bonchev–Trinajstić information content (AvgIpc) is 2.76. The van der Waals surface area contributed by atoms with Crippen LogP contribution in [0.15, 0.2) is 17.5 Å². The summed E-state index contributed by atoms with van der Waals surface area (Å²) in [5, 5.41) is 5.36. The highest BCUT2D eigenvalue weighted by atomic mass is 32.1. The first-order chi connectivity index (χ1) is 8.09. The molecule has 1 heterocycles. The summed E-state index contributed by atoms with van der Waals surface area (Å²) in [6.45, 7) is 5.87. The van der Waals surface area contributed by atoms with Crippen molar-refractivity contribution in [2.24, 2.45) is 0 Å². The molecule has 1 N–H and O–H groups in total. The van der Waals surface area contributed by atoms with E-state index in [4.69, 9.17) is 0 Å². The Morgan fingerprint density at radius 3 is 2.88 bits per heavy atom. The first-order valence-corrected chi connectivity index (χ1v) is 6.97. The van der Waals surface area contributed by atoms with E-state index in [9.17, 15) is 4.79 Å². The predicted molar refractivity (Wildman–Crippen MR) is 73.2 cm³/mol. The first kappa shape index (κ1) is 14.2. The molecule has 0 spiro atoms. The minimum Gasteiger partial charge on any atom is -0.341 e. The van der Waals surface area contributed by atoms with Crippen molar-refractivity contribution in [2.75, 3.05) is 13.6 Å². The molecule has 96 valence electrons. The van der Waals surface area contributed by atoms with Crippen LogP contribution in [0, 0.1) is 0 Å². The molecule has 3 nitrogen and oxygen atoms in total. The zero-order valence-corrected chi connectivity index (χ0v) is 11.7. The van der Waals surface area contributed by atoms with Gasteiger partial charge in [-0.2, -0.15) is 0 Å². The van der Waals surface area contributed by atoms with E-state index >= 15 is 0 Å². The van der Waals surface area contributed by atoms with Crippen molar-refractivity contribution in [3.8, 4) is 0 Å². The minimum atomic E-state index is 0.226. The number of thiophene rings is 1. The molecule has 0 aliphatic heterocycles. The van der Waals surface area contributed by atoms with Gasteiger partial charge in [0.15, 0.2) is 0 Å². The van der Waals surface area contributed by atoms with E-state index < -0.39 is 0 Å². The number of carbonyl (C=O) groups is 1. The Bertz CT molecular complexity index is 322. The molecule has 0 aliphatic carbocycles. The van der Waals surface area contributed by atoms with Gasteiger partial charge in [-0.3, -0.25) is 4.79 Å². The van der Waals surface area contributed by atoms with Gasteiger partial charge in [-0.05, 0) is 24.4 Å². The Kier molecular flexibility index (Phi) is 6.22. The van der Waals surface area contributed by atoms with Crippen molar-refractivity contribution >= 4 is 17.2 Å². The van der Waals surface area contributed by atoms with Gasteiger partial charge in [-0.15, -0.1) is 11.3 Å². The van der Waals surface area contributed by atoms with E-state index in [0.29, 0.717) is 12.5 Å². The van der Waals surface area contributed by atoms with Crippen LogP contribution in [0.4, 0.5) is 0 Å². The molecule has 1 aromatic rings. The maximum atomic E-state index is 11.8. The van der Waals surface area contributed by atoms with Crippen LogP contribution < -0.4 is 5.32 Å². The molecule has 0 aliphatic rings. The van der Waals surface area contributed by atoms with E-state index in [0.717, 1.165) is 19.5 Å². The Labute approximate surface area is 108 Å². The Balaban J connectivity index is 2.18. The normalized spacial score (nSPS) is 10.8. The molecule has 0 radical (unpaired) electrons. The zero-order valence-electron chi connectivity index (χ0n) is 10.9. The molecule has 0 aromatic carbocycles. The third-order valence-electron chi connectivity index (χ3n) is 2.52. The molecule has 0 saturated carbocycles. The lowest BCUT2D eigenvalue weighted by Gasteiger charge is -2.16. The number of carbonyl (C=O) groups excluding carboxylic acids is 1. The van der Waals surface area contributed by atoms with Crippen LogP contribution in [0.1, 0.15) is 31.6 Å². The van der Waals surface area contributed by atoms with Gasteiger partial charge in [0.25, 0.3) is 0 Å². The molecule has 0 unspecified atom stereocenters. The third kappa shape index (κ3) is 5.84.